The van der Waals surface area contributed by atoms with E-state index in [1.807, 2.05) is 6.07 Å². The molecule has 2 aromatic heterocycles. The van der Waals surface area contributed by atoms with Crippen LogP contribution < -0.4 is 0 Å². The Hall–Kier alpha value is -2.18. The second-order valence-electron chi connectivity index (χ2n) is 5.52. The Morgan fingerprint density at radius 1 is 1.41 bits per heavy atom. The maximum Gasteiger partial charge on any atom is 0.355 e. The van der Waals surface area contributed by atoms with Gasteiger partial charge in [-0.05, 0) is 18.1 Å². The van der Waals surface area contributed by atoms with E-state index in [0.717, 1.165) is 24.5 Å². The van der Waals surface area contributed by atoms with Crippen molar-refractivity contribution >= 4 is 28.2 Å². The van der Waals surface area contributed by atoms with Crippen LogP contribution in [0.4, 0.5) is 0 Å². The predicted molar refractivity (Wildman–Crippen MR) is 85.2 cm³/mol. The average Bonchev–Trinajstić information content (AvgIpc) is 3.11. The van der Waals surface area contributed by atoms with Gasteiger partial charge in [0.15, 0.2) is 5.69 Å². The molecule has 0 fully saturated rings. The maximum absolute atomic E-state index is 10.9. The zero-order valence-corrected chi connectivity index (χ0v) is 12.7. The number of benzene rings is 1. The summed E-state index contributed by atoms with van der Waals surface area (Å²) in [6.45, 7) is 2.52. The number of carboxylic acid groups (broad SMARTS) is 1. The van der Waals surface area contributed by atoms with E-state index in [9.17, 15) is 4.79 Å². The minimum atomic E-state index is -0.959. The molecule has 1 aliphatic rings. The van der Waals surface area contributed by atoms with Crippen molar-refractivity contribution in [3.8, 4) is 0 Å². The first-order chi connectivity index (χ1) is 10.7. The standard InChI is InChI=1S/C16H15N3O2S/c20-16(21)14-9-22-15(18-14)8-19-6-5-11-10-3-1-2-4-12(10)17-13(11)7-19/h1-4,9,17H,5-8H2,(H,20,21). The minimum absolute atomic E-state index is 0.142. The first-order valence-electron chi connectivity index (χ1n) is 7.19. The summed E-state index contributed by atoms with van der Waals surface area (Å²) in [5.74, 6) is -0.959. The molecule has 0 aliphatic carbocycles. The Morgan fingerprint density at radius 3 is 3.09 bits per heavy atom. The number of para-hydroxylation sites is 1. The highest BCUT2D eigenvalue weighted by Gasteiger charge is 2.21. The highest BCUT2D eigenvalue weighted by atomic mass is 32.1. The van der Waals surface area contributed by atoms with Crippen LogP contribution in [0, 0.1) is 0 Å². The Morgan fingerprint density at radius 2 is 2.27 bits per heavy atom. The van der Waals surface area contributed by atoms with E-state index in [2.05, 4.69) is 33.1 Å². The van der Waals surface area contributed by atoms with Gasteiger partial charge in [-0.2, -0.15) is 0 Å². The largest absolute Gasteiger partial charge is 0.476 e. The lowest BCUT2D eigenvalue weighted by atomic mass is 10.0. The molecule has 6 heteroatoms. The third kappa shape index (κ3) is 2.30. The molecule has 0 radical (unpaired) electrons. The minimum Gasteiger partial charge on any atom is -0.476 e. The van der Waals surface area contributed by atoms with Crippen LogP contribution in [0.15, 0.2) is 29.6 Å². The van der Waals surface area contributed by atoms with Crippen molar-refractivity contribution in [1.82, 2.24) is 14.9 Å². The van der Waals surface area contributed by atoms with Crippen molar-refractivity contribution in [2.24, 2.45) is 0 Å². The summed E-state index contributed by atoms with van der Waals surface area (Å²) >= 11 is 1.41. The van der Waals surface area contributed by atoms with E-state index in [4.69, 9.17) is 5.11 Å². The van der Waals surface area contributed by atoms with Gasteiger partial charge in [-0.3, -0.25) is 4.90 Å². The molecule has 0 bridgehead atoms. The molecule has 1 aromatic carbocycles. The van der Waals surface area contributed by atoms with E-state index in [1.165, 1.54) is 33.5 Å². The first-order valence-corrected chi connectivity index (χ1v) is 8.07. The molecule has 4 rings (SSSR count). The van der Waals surface area contributed by atoms with E-state index in [-0.39, 0.29) is 5.69 Å². The van der Waals surface area contributed by atoms with Gasteiger partial charge in [0.1, 0.15) is 5.01 Å². The van der Waals surface area contributed by atoms with Crippen LogP contribution in [0.1, 0.15) is 26.8 Å². The zero-order chi connectivity index (χ0) is 15.1. The Balaban J connectivity index is 1.55. The Kier molecular flexibility index (Phi) is 3.20. The molecule has 0 saturated carbocycles. The van der Waals surface area contributed by atoms with Crippen LogP contribution >= 0.6 is 11.3 Å². The number of aromatic amines is 1. The number of hydrogen-bond donors (Lipinski definition) is 2. The number of carboxylic acids is 1. The number of carbonyl (C=O) groups is 1. The highest BCUT2D eigenvalue weighted by molar-refractivity contribution is 7.09. The number of nitrogens with one attached hydrogen (secondary N) is 1. The number of rotatable bonds is 3. The summed E-state index contributed by atoms with van der Waals surface area (Å²) in [7, 11) is 0. The van der Waals surface area contributed by atoms with Crippen molar-refractivity contribution in [2.45, 2.75) is 19.5 Å². The van der Waals surface area contributed by atoms with Crippen molar-refractivity contribution in [1.29, 1.82) is 0 Å². The van der Waals surface area contributed by atoms with Crippen molar-refractivity contribution in [3.63, 3.8) is 0 Å². The summed E-state index contributed by atoms with van der Waals surface area (Å²) in [5.41, 5.74) is 4.01. The van der Waals surface area contributed by atoms with E-state index in [1.54, 1.807) is 5.38 Å². The van der Waals surface area contributed by atoms with Gasteiger partial charge in [-0.1, -0.05) is 18.2 Å². The van der Waals surface area contributed by atoms with E-state index in [0.29, 0.717) is 6.54 Å². The molecule has 2 N–H and O–H groups in total. The van der Waals surface area contributed by atoms with Crippen LogP contribution in [0.5, 0.6) is 0 Å². The normalized spacial score (nSPS) is 15.1. The monoisotopic (exact) mass is 313 g/mol. The molecule has 3 heterocycles. The summed E-state index contributed by atoms with van der Waals surface area (Å²) in [5, 5.41) is 12.7. The number of nitrogens with zero attached hydrogens (tertiary/aromatic N) is 2. The topological polar surface area (TPSA) is 69.2 Å². The van der Waals surface area contributed by atoms with Gasteiger partial charge in [-0.15, -0.1) is 11.3 Å². The number of aromatic nitrogens is 2. The molecule has 3 aromatic rings. The van der Waals surface area contributed by atoms with Crippen molar-refractivity contribution in [3.05, 3.63) is 51.6 Å². The number of aromatic carboxylic acids is 1. The number of thiazole rings is 1. The first kappa shape index (κ1) is 13.5. The summed E-state index contributed by atoms with van der Waals surface area (Å²) in [4.78, 5) is 20.9. The lowest BCUT2D eigenvalue weighted by Gasteiger charge is -2.25. The summed E-state index contributed by atoms with van der Waals surface area (Å²) in [6, 6.07) is 8.40. The fourth-order valence-electron chi connectivity index (χ4n) is 3.06. The second kappa shape index (κ2) is 5.23. The molecule has 0 spiro atoms. The van der Waals surface area contributed by atoms with Gasteiger partial charge in [0.25, 0.3) is 0 Å². The molecule has 1 aliphatic heterocycles. The SMILES string of the molecule is O=C(O)c1csc(CN2CCc3c([nH]c4ccccc34)C2)n1. The van der Waals surface area contributed by atoms with Gasteiger partial charge >= 0.3 is 5.97 Å². The van der Waals surface area contributed by atoms with Crippen LogP contribution in [-0.2, 0) is 19.5 Å². The third-order valence-electron chi connectivity index (χ3n) is 4.09. The van der Waals surface area contributed by atoms with Gasteiger partial charge in [0.05, 0.1) is 6.54 Å². The Bertz CT molecular complexity index is 852. The third-order valence-corrected chi connectivity index (χ3v) is 4.93. The smallest absolute Gasteiger partial charge is 0.355 e. The molecule has 112 valence electrons. The zero-order valence-electron chi connectivity index (χ0n) is 11.9. The quantitative estimate of drug-likeness (QED) is 0.780. The van der Waals surface area contributed by atoms with E-state index >= 15 is 0 Å². The van der Waals surface area contributed by atoms with Crippen LogP contribution in [0.25, 0.3) is 10.9 Å². The number of hydrogen-bond acceptors (Lipinski definition) is 4. The van der Waals surface area contributed by atoms with Crippen molar-refractivity contribution < 1.29 is 9.90 Å². The molecular formula is C16H15N3O2S. The molecule has 22 heavy (non-hydrogen) atoms. The molecular weight excluding hydrogens is 298 g/mol. The maximum atomic E-state index is 10.9. The highest BCUT2D eigenvalue weighted by Crippen LogP contribution is 2.28. The fraction of sp³-hybridized carbons (Fsp3) is 0.250. The van der Waals surface area contributed by atoms with Crippen LogP contribution in [0.3, 0.4) is 0 Å². The van der Waals surface area contributed by atoms with Crippen LogP contribution in [-0.4, -0.2) is 32.5 Å². The van der Waals surface area contributed by atoms with Gasteiger partial charge in [0.2, 0.25) is 0 Å². The molecule has 0 unspecified atom stereocenters. The lowest BCUT2D eigenvalue weighted by molar-refractivity contribution is 0.0691. The van der Waals surface area contributed by atoms with E-state index < -0.39 is 5.97 Å². The predicted octanol–water partition coefficient (Wildman–Crippen LogP) is 2.88. The fourth-order valence-corrected chi connectivity index (χ4v) is 3.87. The van der Waals surface area contributed by atoms with Gasteiger partial charge in [0, 0.05) is 35.1 Å². The second-order valence-corrected chi connectivity index (χ2v) is 6.46. The Labute approximate surface area is 131 Å². The lowest BCUT2D eigenvalue weighted by Crippen LogP contribution is -2.29. The molecule has 0 atom stereocenters. The molecule has 0 saturated heterocycles. The molecule has 0 amide bonds. The summed E-state index contributed by atoms with van der Waals surface area (Å²) in [6.07, 6.45) is 1.01. The van der Waals surface area contributed by atoms with Crippen LogP contribution in [0.2, 0.25) is 0 Å². The van der Waals surface area contributed by atoms with Gasteiger partial charge in [-0.25, -0.2) is 9.78 Å². The summed E-state index contributed by atoms with van der Waals surface area (Å²) < 4.78 is 0. The number of H-pyrrole nitrogens is 1. The van der Waals surface area contributed by atoms with Crippen molar-refractivity contribution in [2.75, 3.05) is 6.54 Å². The molecule has 5 nitrogen and oxygen atoms in total. The number of fused-ring (bicyclic) bond motifs is 3. The average molecular weight is 313 g/mol. The van der Waals surface area contributed by atoms with Gasteiger partial charge < -0.3 is 10.1 Å².